The van der Waals surface area contributed by atoms with Crippen LogP contribution in [0.4, 0.5) is 11.4 Å². The Bertz CT molecular complexity index is 1020. The van der Waals surface area contributed by atoms with Gasteiger partial charge in [-0.3, -0.25) is 14.4 Å². The van der Waals surface area contributed by atoms with E-state index in [1.54, 1.807) is 60.4 Å². The average Bonchev–Trinajstić information content (AvgIpc) is 3.19. The summed E-state index contributed by atoms with van der Waals surface area (Å²) in [7, 11) is 0. The Labute approximate surface area is 193 Å². The highest BCUT2D eigenvalue weighted by atomic mass is 16.5. The fourth-order valence-electron chi connectivity index (χ4n) is 3.64. The highest BCUT2D eigenvalue weighted by Crippen LogP contribution is 2.21. The Hall–Kier alpha value is -3.68. The van der Waals surface area contributed by atoms with Crippen molar-refractivity contribution in [2.24, 2.45) is 5.92 Å². The summed E-state index contributed by atoms with van der Waals surface area (Å²) in [5, 5.41) is 5.55. The lowest BCUT2D eigenvalue weighted by Gasteiger charge is -2.16. The summed E-state index contributed by atoms with van der Waals surface area (Å²) in [5.41, 5.74) is 1.55. The number of carbonyl (C=O) groups excluding carboxylic acids is 4. The summed E-state index contributed by atoms with van der Waals surface area (Å²) in [4.78, 5) is 51.2. The zero-order valence-corrected chi connectivity index (χ0v) is 18.9. The van der Waals surface area contributed by atoms with E-state index in [-0.39, 0.29) is 36.3 Å². The molecule has 8 heteroatoms. The number of amides is 3. The second kappa shape index (κ2) is 11.3. The Kier molecular flexibility index (Phi) is 8.18. The second-order valence-electron chi connectivity index (χ2n) is 7.88. The minimum Gasteiger partial charge on any atom is -0.462 e. The zero-order chi connectivity index (χ0) is 23.8. The van der Waals surface area contributed by atoms with Gasteiger partial charge in [-0.1, -0.05) is 25.5 Å². The van der Waals surface area contributed by atoms with Crippen LogP contribution in [0.2, 0.25) is 0 Å². The third kappa shape index (κ3) is 6.19. The molecule has 8 nitrogen and oxygen atoms in total. The van der Waals surface area contributed by atoms with Gasteiger partial charge in [0, 0.05) is 30.8 Å². The lowest BCUT2D eigenvalue weighted by molar-refractivity contribution is -0.128. The van der Waals surface area contributed by atoms with Gasteiger partial charge in [0.1, 0.15) is 0 Å². The molecule has 0 bridgehead atoms. The predicted molar refractivity (Wildman–Crippen MR) is 125 cm³/mol. The van der Waals surface area contributed by atoms with Crippen LogP contribution in [-0.2, 0) is 14.3 Å². The van der Waals surface area contributed by atoms with Crippen LogP contribution in [0.1, 0.15) is 53.8 Å². The molecular weight excluding hydrogens is 422 g/mol. The molecule has 2 aromatic rings. The third-order valence-corrected chi connectivity index (χ3v) is 5.45. The van der Waals surface area contributed by atoms with Crippen molar-refractivity contribution in [3.63, 3.8) is 0 Å². The summed E-state index contributed by atoms with van der Waals surface area (Å²) < 4.78 is 5.03. The molecule has 3 amide bonds. The summed E-state index contributed by atoms with van der Waals surface area (Å²) in [6.07, 6.45) is 2.14. The first-order valence-corrected chi connectivity index (χ1v) is 11.2. The number of nitrogens with one attached hydrogen (secondary N) is 2. The van der Waals surface area contributed by atoms with Gasteiger partial charge in [0.25, 0.3) is 5.91 Å². The topological polar surface area (TPSA) is 105 Å². The van der Waals surface area contributed by atoms with Gasteiger partial charge in [0.15, 0.2) is 0 Å². The van der Waals surface area contributed by atoms with Crippen LogP contribution in [0.3, 0.4) is 0 Å². The van der Waals surface area contributed by atoms with Crippen molar-refractivity contribution in [1.29, 1.82) is 0 Å². The standard InChI is InChI=1S/C25H29N3O5/c1-3-5-14-28-16-18(15-22(28)29)24(31)26-19-12-10-17(11-13-19)23(30)27-21-9-7-6-8-20(21)25(32)33-4-2/h6-13,18H,3-5,14-16H2,1-2H3,(H,26,31)(H,27,30)/t18-/m1/s1. The van der Waals surface area contributed by atoms with Gasteiger partial charge in [0.05, 0.1) is 23.8 Å². The molecule has 174 valence electrons. The van der Waals surface area contributed by atoms with Crippen LogP contribution in [0.15, 0.2) is 48.5 Å². The quantitative estimate of drug-likeness (QED) is 0.566. The van der Waals surface area contributed by atoms with Crippen molar-refractivity contribution < 1.29 is 23.9 Å². The summed E-state index contributed by atoms with van der Waals surface area (Å²) in [6, 6.07) is 13.1. The number of likely N-dealkylation sites (tertiary alicyclic amines) is 1. The molecule has 0 spiro atoms. The van der Waals surface area contributed by atoms with Crippen molar-refractivity contribution in [3.05, 3.63) is 59.7 Å². The molecule has 3 rings (SSSR count). The van der Waals surface area contributed by atoms with Gasteiger partial charge in [-0.05, 0) is 49.7 Å². The van der Waals surface area contributed by atoms with E-state index in [1.807, 2.05) is 0 Å². The molecule has 0 aromatic heterocycles. The van der Waals surface area contributed by atoms with Crippen molar-refractivity contribution in [3.8, 4) is 0 Å². The molecule has 1 aliphatic rings. The molecule has 33 heavy (non-hydrogen) atoms. The molecule has 2 aromatic carbocycles. The van der Waals surface area contributed by atoms with Crippen LogP contribution >= 0.6 is 0 Å². The van der Waals surface area contributed by atoms with Gasteiger partial charge in [-0.2, -0.15) is 0 Å². The number of rotatable bonds is 9. The number of anilines is 2. The highest BCUT2D eigenvalue weighted by molar-refractivity contribution is 6.08. The van der Waals surface area contributed by atoms with Crippen LogP contribution in [0, 0.1) is 5.92 Å². The number of hydrogen-bond acceptors (Lipinski definition) is 5. The van der Waals surface area contributed by atoms with Gasteiger partial charge in [-0.25, -0.2) is 4.79 Å². The number of para-hydroxylation sites is 1. The third-order valence-electron chi connectivity index (χ3n) is 5.45. The van der Waals surface area contributed by atoms with Crippen LogP contribution in [0.25, 0.3) is 0 Å². The molecule has 1 saturated heterocycles. The second-order valence-corrected chi connectivity index (χ2v) is 7.88. The summed E-state index contributed by atoms with van der Waals surface area (Å²) in [6.45, 7) is 5.13. The number of carbonyl (C=O) groups is 4. The molecule has 2 N–H and O–H groups in total. The minimum absolute atomic E-state index is 0.0127. The van der Waals surface area contributed by atoms with Gasteiger partial charge >= 0.3 is 5.97 Å². The van der Waals surface area contributed by atoms with Gasteiger partial charge in [0.2, 0.25) is 11.8 Å². The maximum absolute atomic E-state index is 12.7. The first-order valence-electron chi connectivity index (χ1n) is 11.2. The summed E-state index contributed by atoms with van der Waals surface area (Å²) >= 11 is 0. The molecule has 0 radical (unpaired) electrons. The molecule has 0 saturated carbocycles. The lowest BCUT2D eigenvalue weighted by Crippen LogP contribution is -2.29. The van der Waals surface area contributed by atoms with Crippen molar-refractivity contribution in [2.75, 3.05) is 30.3 Å². The number of unbranched alkanes of at least 4 members (excludes halogenated alkanes) is 1. The van der Waals surface area contributed by atoms with Crippen molar-refractivity contribution in [2.45, 2.75) is 33.1 Å². The van der Waals surface area contributed by atoms with E-state index in [1.165, 1.54) is 0 Å². The number of nitrogens with zero attached hydrogens (tertiary/aromatic N) is 1. The molecule has 0 aliphatic carbocycles. The van der Waals surface area contributed by atoms with Crippen molar-refractivity contribution >= 4 is 35.1 Å². The maximum Gasteiger partial charge on any atom is 0.340 e. The SMILES string of the molecule is CCCCN1C[C@H](C(=O)Nc2ccc(C(=O)Nc3ccccc3C(=O)OCC)cc2)CC1=O. The van der Waals surface area contributed by atoms with Gasteiger partial charge < -0.3 is 20.3 Å². The van der Waals surface area contributed by atoms with E-state index in [4.69, 9.17) is 4.74 Å². The molecule has 0 unspecified atom stereocenters. The van der Waals surface area contributed by atoms with Crippen LogP contribution in [0.5, 0.6) is 0 Å². The smallest absolute Gasteiger partial charge is 0.340 e. The Morgan fingerprint density at radius 2 is 1.76 bits per heavy atom. The lowest BCUT2D eigenvalue weighted by atomic mass is 10.1. The van der Waals surface area contributed by atoms with E-state index < -0.39 is 11.9 Å². The fourth-order valence-corrected chi connectivity index (χ4v) is 3.64. The number of hydrogen-bond donors (Lipinski definition) is 2. The molecule has 1 aliphatic heterocycles. The Morgan fingerprint density at radius 3 is 2.45 bits per heavy atom. The van der Waals surface area contributed by atoms with E-state index in [9.17, 15) is 19.2 Å². The zero-order valence-electron chi connectivity index (χ0n) is 18.9. The average molecular weight is 452 g/mol. The number of benzene rings is 2. The summed E-state index contributed by atoms with van der Waals surface area (Å²) in [5.74, 6) is -1.47. The van der Waals surface area contributed by atoms with Crippen LogP contribution in [-0.4, -0.2) is 48.3 Å². The monoisotopic (exact) mass is 451 g/mol. The first-order chi connectivity index (χ1) is 15.9. The number of ether oxygens (including phenoxy) is 1. The van der Waals surface area contributed by atoms with Crippen LogP contribution < -0.4 is 10.6 Å². The van der Waals surface area contributed by atoms with E-state index in [0.717, 1.165) is 12.8 Å². The fraction of sp³-hybridized carbons (Fsp3) is 0.360. The largest absolute Gasteiger partial charge is 0.462 e. The molecule has 1 atom stereocenters. The van der Waals surface area contributed by atoms with E-state index in [0.29, 0.717) is 30.0 Å². The number of esters is 1. The van der Waals surface area contributed by atoms with Crippen molar-refractivity contribution in [1.82, 2.24) is 4.90 Å². The first kappa shape index (κ1) is 24.0. The molecule has 1 fully saturated rings. The normalized spacial score (nSPS) is 15.3. The Morgan fingerprint density at radius 1 is 1.03 bits per heavy atom. The maximum atomic E-state index is 12.7. The van der Waals surface area contributed by atoms with E-state index >= 15 is 0 Å². The Balaban J connectivity index is 1.59. The van der Waals surface area contributed by atoms with Gasteiger partial charge in [-0.15, -0.1) is 0 Å². The highest BCUT2D eigenvalue weighted by Gasteiger charge is 2.33. The molecular formula is C25H29N3O5. The van der Waals surface area contributed by atoms with E-state index in [2.05, 4.69) is 17.6 Å². The molecule has 1 heterocycles. The minimum atomic E-state index is -0.509. The predicted octanol–water partition coefficient (Wildman–Crippen LogP) is 3.70.